The number of benzene rings is 3. The first-order chi connectivity index (χ1) is 27.9. The van der Waals surface area contributed by atoms with Crippen molar-refractivity contribution in [1.82, 2.24) is 26.2 Å². The van der Waals surface area contributed by atoms with Gasteiger partial charge >= 0.3 is 12.1 Å². The number of nitrogens with two attached hydrogens (primary N) is 1. The molecule has 1 aliphatic rings. The fraction of sp³-hybridized carbons (Fsp3) is 0.442. The molecule has 0 aromatic heterocycles. The number of primary amides is 1. The number of carbonyl (C=O) groups is 6. The first kappa shape index (κ1) is 44.9. The lowest BCUT2D eigenvalue weighted by molar-refractivity contribution is -0.145. The molecule has 312 valence electrons. The van der Waals surface area contributed by atoms with Gasteiger partial charge in [-0.05, 0) is 48.4 Å². The molecule has 3 aromatic rings. The van der Waals surface area contributed by atoms with E-state index in [1.807, 2.05) is 85.5 Å². The second kappa shape index (κ2) is 22.8. The molecule has 58 heavy (non-hydrogen) atoms. The Labute approximate surface area is 339 Å². The van der Waals surface area contributed by atoms with Crippen molar-refractivity contribution in [3.8, 4) is 0 Å². The highest BCUT2D eigenvalue weighted by atomic mass is 16.5. The van der Waals surface area contributed by atoms with Crippen LogP contribution in [0.3, 0.4) is 0 Å². The molecule has 1 fully saturated rings. The number of carbonyl (C=O) groups excluding carboxylic acids is 6. The van der Waals surface area contributed by atoms with Crippen LogP contribution >= 0.6 is 0 Å². The predicted octanol–water partition coefficient (Wildman–Crippen LogP) is 2.14. The summed E-state index contributed by atoms with van der Waals surface area (Å²) in [5.41, 5.74) is 7.78. The Hall–Kier alpha value is -5.80. The summed E-state index contributed by atoms with van der Waals surface area (Å²) >= 11 is 0. The molecular formula is C43H56N6O9. The summed E-state index contributed by atoms with van der Waals surface area (Å²) in [6.07, 6.45) is -0.637. The van der Waals surface area contributed by atoms with Gasteiger partial charge in [-0.1, -0.05) is 111 Å². The van der Waals surface area contributed by atoms with Crippen molar-refractivity contribution < 1.29 is 43.3 Å². The third-order valence-electron chi connectivity index (χ3n) is 10.3. The standard InChI is InChI=1S/C43H56N6O9/c1-4-28(2)38(41(54)46-34(42(55)57-3)24-30-17-10-6-11-18-30)48-40(53)35-21-14-22-49(35)26-36(50)32(23-29-15-8-5-9-16-29)45-39(52)33(25-37(44)51)47-43(56)58-27-31-19-12-7-13-20-31/h5-13,15-20,28,32-36,38,50H,4,14,21-27H2,1-3H3,(H2,44,51)(H,45,52)(H,46,54)(H,47,56)(H,48,53)/t28-,32+,33+,34+,35+,36-,38+/m1/s1. The molecule has 0 unspecified atom stereocenters. The molecule has 3 aromatic carbocycles. The number of nitrogens with zero attached hydrogens (tertiary/aromatic N) is 1. The molecule has 4 rings (SSSR count). The third kappa shape index (κ3) is 14.0. The Morgan fingerprint density at radius 3 is 1.95 bits per heavy atom. The SMILES string of the molecule is CC[C@@H](C)[C@H](NC(=O)[C@@H]1CCCN1C[C@@H](O)[C@H](Cc1ccccc1)NC(=O)[C@H](CC(N)=O)NC(=O)OCc1ccccc1)C(=O)N[C@@H](Cc1ccccc1)C(=O)OC. The normalized spacial score (nSPS) is 17.0. The number of nitrogens with one attached hydrogen (secondary N) is 4. The van der Waals surface area contributed by atoms with Crippen molar-refractivity contribution in [3.05, 3.63) is 108 Å². The first-order valence-corrected chi connectivity index (χ1v) is 19.6. The van der Waals surface area contributed by atoms with Gasteiger partial charge in [0.25, 0.3) is 0 Å². The molecule has 7 atom stereocenters. The maximum atomic E-state index is 13.9. The Morgan fingerprint density at radius 1 is 0.793 bits per heavy atom. The third-order valence-corrected chi connectivity index (χ3v) is 10.3. The van der Waals surface area contributed by atoms with Gasteiger partial charge in [0.15, 0.2) is 0 Å². The highest BCUT2D eigenvalue weighted by Gasteiger charge is 2.38. The molecule has 1 heterocycles. The van der Waals surface area contributed by atoms with Crippen LogP contribution < -0.4 is 27.0 Å². The van der Waals surface area contributed by atoms with E-state index in [2.05, 4.69) is 21.3 Å². The van der Waals surface area contributed by atoms with Crippen molar-refractivity contribution in [2.24, 2.45) is 11.7 Å². The van der Waals surface area contributed by atoms with E-state index in [0.717, 1.165) is 16.7 Å². The molecule has 0 aliphatic carbocycles. The summed E-state index contributed by atoms with van der Waals surface area (Å²) in [7, 11) is 1.25. The maximum Gasteiger partial charge on any atom is 0.408 e. The summed E-state index contributed by atoms with van der Waals surface area (Å²) in [5, 5.41) is 22.7. The second-order valence-corrected chi connectivity index (χ2v) is 14.6. The number of aliphatic hydroxyl groups is 1. The largest absolute Gasteiger partial charge is 0.467 e. The van der Waals surface area contributed by atoms with Crippen molar-refractivity contribution in [2.45, 2.75) is 95.3 Å². The van der Waals surface area contributed by atoms with Crippen LogP contribution in [0.1, 0.15) is 56.2 Å². The number of amides is 5. The average molecular weight is 801 g/mol. The van der Waals surface area contributed by atoms with Crippen molar-refractivity contribution in [1.29, 1.82) is 0 Å². The van der Waals surface area contributed by atoms with Crippen LogP contribution in [0.2, 0.25) is 0 Å². The first-order valence-electron chi connectivity index (χ1n) is 19.6. The lowest BCUT2D eigenvalue weighted by Gasteiger charge is -2.33. The minimum atomic E-state index is -1.40. The van der Waals surface area contributed by atoms with Crippen molar-refractivity contribution in [2.75, 3.05) is 20.2 Å². The van der Waals surface area contributed by atoms with E-state index in [4.69, 9.17) is 15.2 Å². The van der Waals surface area contributed by atoms with Crippen LogP contribution in [-0.4, -0.2) is 102 Å². The highest BCUT2D eigenvalue weighted by molar-refractivity contribution is 5.93. The number of esters is 1. The number of hydrogen-bond acceptors (Lipinski definition) is 10. The van der Waals surface area contributed by atoms with Crippen molar-refractivity contribution in [3.63, 3.8) is 0 Å². The molecule has 15 heteroatoms. The Morgan fingerprint density at radius 2 is 1.38 bits per heavy atom. The van der Waals surface area contributed by atoms with Gasteiger partial charge in [-0.3, -0.25) is 24.1 Å². The van der Waals surface area contributed by atoms with Gasteiger partial charge in [-0.2, -0.15) is 0 Å². The molecule has 15 nitrogen and oxygen atoms in total. The van der Waals surface area contributed by atoms with E-state index in [1.54, 1.807) is 24.3 Å². The zero-order chi connectivity index (χ0) is 42.0. The van der Waals surface area contributed by atoms with Gasteiger partial charge < -0.3 is 41.6 Å². The van der Waals surface area contributed by atoms with Gasteiger partial charge in [0.2, 0.25) is 23.6 Å². The van der Waals surface area contributed by atoms with E-state index in [1.165, 1.54) is 7.11 Å². The van der Waals surface area contributed by atoms with E-state index in [9.17, 15) is 33.9 Å². The van der Waals surface area contributed by atoms with Crippen LogP contribution in [0, 0.1) is 5.92 Å². The monoisotopic (exact) mass is 800 g/mol. The lowest BCUT2D eigenvalue weighted by atomic mass is 9.96. The molecule has 5 amide bonds. The minimum absolute atomic E-state index is 0.0232. The zero-order valence-electron chi connectivity index (χ0n) is 33.3. The zero-order valence-corrected chi connectivity index (χ0v) is 33.3. The fourth-order valence-electron chi connectivity index (χ4n) is 6.86. The van der Waals surface area contributed by atoms with Gasteiger partial charge in [0, 0.05) is 13.0 Å². The lowest BCUT2D eigenvalue weighted by Crippen LogP contribution is -2.59. The highest BCUT2D eigenvalue weighted by Crippen LogP contribution is 2.21. The van der Waals surface area contributed by atoms with E-state index >= 15 is 0 Å². The van der Waals surface area contributed by atoms with Gasteiger partial charge in [0.1, 0.15) is 24.7 Å². The number of rotatable bonds is 21. The molecule has 0 bridgehead atoms. The number of aliphatic hydroxyl groups excluding tert-OH is 1. The molecule has 0 saturated carbocycles. The number of alkyl carbamates (subject to hydrolysis) is 1. The van der Waals surface area contributed by atoms with Gasteiger partial charge in [-0.15, -0.1) is 0 Å². The number of hydrogen-bond donors (Lipinski definition) is 6. The molecule has 1 saturated heterocycles. The Kier molecular flexibility index (Phi) is 17.7. The van der Waals surface area contributed by atoms with E-state index < -0.39 is 78.4 Å². The molecular weight excluding hydrogens is 745 g/mol. The van der Waals surface area contributed by atoms with Crippen LogP contribution in [0.15, 0.2) is 91.0 Å². The van der Waals surface area contributed by atoms with Gasteiger partial charge in [-0.25, -0.2) is 9.59 Å². The van der Waals surface area contributed by atoms with E-state index in [-0.39, 0.29) is 31.9 Å². The van der Waals surface area contributed by atoms with Crippen LogP contribution in [0.5, 0.6) is 0 Å². The summed E-state index contributed by atoms with van der Waals surface area (Å²) in [5.74, 6) is -3.43. The molecule has 7 N–H and O–H groups in total. The Balaban J connectivity index is 1.45. The van der Waals surface area contributed by atoms with Crippen LogP contribution in [-0.2, 0) is 52.9 Å². The summed E-state index contributed by atoms with van der Waals surface area (Å²) in [6.45, 7) is 4.11. The summed E-state index contributed by atoms with van der Waals surface area (Å²) in [6, 6.07) is 22.3. The van der Waals surface area contributed by atoms with Crippen LogP contribution in [0.25, 0.3) is 0 Å². The van der Waals surface area contributed by atoms with Crippen LogP contribution in [0.4, 0.5) is 4.79 Å². The Bertz CT molecular complexity index is 1800. The smallest absolute Gasteiger partial charge is 0.408 e. The van der Waals surface area contributed by atoms with Gasteiger partial charge in [0.05, 0.1) is 31.7 Å². The number of methoxy groups -OCH3 is 1. The summed E-state index contributed by atoms with van der Waals surface area (Å²) in [4.78, 5) is 80.6. The number of likely N-dealkylation sites (tertiary alicyclic amines) is 1. The topological polar surface area (TPSA) is 218 Å². The predicted molar refractivity (Wildman–Crippen MR) is 216 cm³/mol. The number of ether oxygens (including phenoxy) is 2. The van der Waals surface area contributed by atoms with E-state index in [0.29, 0.717) is 25.8 Å². The molecule has 0 spiro atoms. The minimum Gasteiger partial charge on any atom is -0.467 e. The number of β-amino-alcohol motifs (C(OH)–C–C–N with tert-alkyl or cyclic N) is 1. The fourth-order valence-corrected chi connectivity index (χ4v) is 6.86. The molecule has 1 aliphatic heterocycles. The summed E-state index contributed by atoms with van der Waals surface area (Å²) < 4.78 is 10.2. The quantitative estimate of drug-likeness (QED) is 0.0863. The maximum absolute atomic E-state index is 13.9. The second-order valence-electron chi connectivity index (χ2n) is 14.6. The van der Waals surface area contributed by atoms with Crippen molar-refractivity contribution >= 4 is 35.7 Å². The molecule has 0 radical (unpaired) electrons. The average Bonchev–Trinajstić information content (AvgIpc) is 3.69.